The van der Waals surface area contributed by atoms with E-state index >= 15 is 0 Å². The lowest BCUT2D eigenvalue weighted by Gasteiger charge is -2.36. The van der Waals surface area contributed by atoms with E-state index in [1.807, 2.05) is 0 Å². The van der Waals surface area contributed by atoms with Gasteiger partial charge in [0.05, 0.1) is 6.10 Å². The zero-order valence-electron chi connectivity index (χ0n) is 12.9. The molecule has 2 amide bonds. The number of hydrogen-bond donors (Lipinski definition) is 1. The molecule has 0 saturated carbocycles. The molecule has 2 aliphatic heterocycles. The van der Waals surface area contributed by atoms with Gasteiger partial charge in [0.15, 0.2) is 0 Å². The second-order valence-corrected chi connectivity index (χ2v) is 5.87. The molecule has 1 atom stereocenters. The molecular formula is C16H21F2N3O2. The van der Waals surface area contributed by atoms with Gasteiger partial charge in [-0.25, -0.2) is 13.6 Å². The van der Waals surface area contributed by atoms with Crippen LogP contribution in [0.2, 0.25) is 0 Å². The quantitative estimate of drug-likeness (QED) is 0.924. The molecule has 126 valence electrons. The molecule has 23 heavy (non-hydrogen) atoms. The molecule has 2 fully saturated rings. The van der Waals surface area contributed by atoms with Crippen molar-refractivity contribution in [2.75, 3.05) is 44.2 Å². The number of anilines is 1. The van der Waals surface area contributed by atoms with Crippen LogP contribution < -0.4 is 10.2 Å². The van der Waals surface area contributed by atoms with E-state index in [0.717, 1.165) is 19.4 Å². The number of carbonyl (C=O) groups is 1. The predicted molar refractivity (Wildman–Crippen MR) is 82.5 cm³/mol. The van der Waals surface area contributed by atoms with Crippen LogP contribution in [0, 0.1) is 11.6 Å². The fraction of sp³-hybridized carbons (Fsp3) is 0.562. The zero-order chi connectivity index (χ0) is 16.2. The first kappa shape index (κ1) is 16.0. The van der Waals surface area contributed by atoms with Gasteiger partial charge in [-0.3, -0.25) is 0 Å². The highest BCUT2D eigenvalue weighted by Crippen LogP contribution is 2.24. The van der Waals surface area contributed by atoms with Gasteiger partial charge in [-0.05, 0) is 25.0 Å². The van der Waals surface area contributed by atoms with Gasteiger partial charge in [-0.1, -0.05) is 6.07 Å². The predicted octanol–water partition coefficient (Wildman–Crippen LogP) is 1.98. The van der Waals surface area contributed by atoms with Crippen LogP contribution >= 0.6 is 0 Å². The minimum Gasteiger partial charge on any atom is -0.376 e. The zero-order valence-corrected chi connectivity index (χ0v) is 12.9. The number of halogens is 2. The van der Waals surface area contributed by atoms with Crippen molar-refractivity contribution >= 4 is 11.7 Å². The summed E-state index contributed by atoms with van der Waals surface area (Å²) >= 11 is 0. The Morgan fingerprint density at radius 1 is 1.22 bits per heavy atom. The molecule has 3 rings (SSSR count). The van der Waals surface area contributed by atoms with E-state index in [4.69, 9.17) is 4.74 Å². The Morgan fingerprint density at radius 2 is 1.91 bits per heavy atom. The maximum absolute atomic E-state index is 13.8. The maximum atomic E-state index is 13.8. The van der Waals surface area contributed by atoms with Gasteiger partial charge >= 0.3 is 6.03 Å². The number of para-hydroxylation sites is 1. The lowest BCUT2D eigenvalue weighted by Crippen LogP contribution is -2.53. The van der Waals surface area contributed by atoms with Gasteiger partial charge in [0.2, 0.25) is 0 Å². The highest BCUT2D eigenvalue weighted by molar-refractivity contribution is 5.74. The molecule has 2 heterocycles. The molecule has 2 saturated heterocycles. The molecule has 7 heteroatoms. The number of nitrogens with zero attached hydrogens (tertiary/aromatic N) is 2. The normalized spacial score (nSPS) is 21.6. The van der Waals surface area contributed by atoms with Crippen LogP contribution in [-0.4, -0.2) is 56.4 Å². The summed E-state index contributed by atoms with van der Waals surface area (Å²) in [7, 11) is 0. The third-order valence-corrected chi connectivity index (χ3v) is 4.33. The second-order valence-electron chi connectivity index (χ2n) is 5.87. The number of nitrogens with one attached hydrogen (secondary N) is 1. The van der Waals surface area contributed by atoms with Crippen LogP contribution in [0.15, 0.2) is 18.2 Å². The van der Waals surface area contributed by atoms with Crippen molar-refractivity contribution in [1.29, 1.82) is 0 Å². The summed E-state index contributed by atoms with van der Waals surface area (Å²) in [6, 6.07) is 3.70. The first-order chi connectivity index (χ1) is 11.1. The van der Waals surface area contributed by atoms with Crippen molar-refractivity contribution in [3.8, 4) is 0 Å². The minimum atomic E-state index is -0.568. The van der Waals surface area contributed by atoms with Crippen LogP contribution in [0.1, 0.15) is 12.8 Å². The van der Waals surface area contributed by atoms with Crippen LogP contribution in [0.3, 0.4) is 0 Å². The summed E-state index contributed by atoms with van der Waals surface area (Å²) in [6.07, 6.45) is 2.11. The molecule has 2 aliphatic rings. The fourth-order valence-electron chi connectivity index (χ4n) is 3.04. The van der Waals surface area contributed by atoms with Crippen LogP contribution in [0.25, 0.3) is 0 Å². The Balaban J connectivity index is 1.50. The molecule has 0 aromatic heterocycles. The van der Waals surface area contributed by atoms with Gasteiger partial charge < -0.3 is 19.9 Å². The Bertz CT molecular complexity index is 536. The Hall–Kier alpha value is -1.89. The number of urea groups is 1. The number of amides is 2. The van der Waals surface area contributed by atoms with E-state index in [-0.39, 0.29) is 17.8 Å². The lowest BCUT2D eigenvalue weighted by atomic mass is 10.2. The third kappa shape index (κ3) is 3.72. The van der Waals surface area contributed by atoms with Gasteiger partial charge in [0.25, 0.3) is 0 Å². The molecule has 0 radical (unpaired) electrons. The summed E-state index contributed by atoms with van der Waals surface area (Å²) in [6.45, 7) is 2.96. The van der Waals surface area contributed by atoms with E-state index in [0.29, 0.717) is 32.7 Å². The van der Waals surface area contributed by atoms with Gasteiger partial charge in [-0.15, -0.1) is 0 Å². The topological polar surface area (TPSA) is 44.8 Å². The number of piperazine rings is 1. The van der Waals surface area contributed by atoms with Gasteiger partial charge in [0, 0.05) is 39.3 Å². The molecule has 1 unspecified atom stereocenters. The molecule has 5 nitrogen and oxygen atoms in total. The Morgan fingerprint density at radius 3 is 2.52 bits per heavy atom. The maximum Gasteiger partial charge on any atom is 0.317 e. The summed E-state index contributed by atoms with van der Waals surface area (Å²) < 4.78 is 33.1. The summed E-state index contributed by atoms with van der Waals surface area (Å²) in [4.78, 5) is 15.4. The first-order valence-corrected chi connectivity index (χ1v) is 7.98. The van der Waals surface area contributed by atoms with E-state index in [1.165, 1.54) is 18.2 Å². The Labute approximate surface area is 134 Å². The highest BCUT2D eigenvalue weighted by Gasteiger charge is 2.25. The van der Waals surface area contributed by atoms with E-state index < -0.39 is 11.6 Å². The number of hydrogen-bond acceptors (Lipinski definition) is 3. The van der Waals surface area contributed by atoms with Crippen molar-refractivity contribution < 1.29 is 18.3 Å². The molecular weight excluding hydrogens is 304 g/mol. The summed E-state index contributed by atoms with van der Waals surface area (Å²) in [5.74, 6) is -1.14. The van der Waals surface area contributed by atoms with E-state index in [2.05, 4.69) is 5.32 Å². The number of ether oxygens (including phenoxy) is 1. The monoisotopic (exact) mass is 325 g/mol. The smallest absolute Gasteiger partial charge is 0.317 e. The molecule has 0 bridgehead atoms. The number of rotatable bonds is 3. The lowest BCUT2D eigenvalue weighted by molar-refractivity contribution is 0.108. The standard InChI is InChI=1S/C16H21F2N3O2/c17-13-4-1-5-14(18)15(13)20-6-8-21(9-7-20)16(22)19-11-12-3-2-10-23-12/h1,4-5,12H,2-3,6-11H2,(H,19,22). The third-order valence-electron chi connectivity index (χ3n) is 4.33. The minimum absolute atomic E-state index is 0.00749. The van der Waals surface area contributed by atoms with Crippen molar-refractivity contribution in [1.82, 2.24) is 10.2 Å². The second kappa shape index (κ2) is 7.12. The molecule has 1 N–H and O–H groups in total. The largest absolute Gasteiger partial charge is 0.376 e. The molecule has 0 aliphatic carbocycles. The summed E-state index contributed by atoms with van der Waals surface area (Å²) in [5.41, 5.74) is -0.00749. The highest BCUT2D eigenvalue weighted by atomic mass is 19.1. The van der Waals surface area contributed by atoms with Crippen molar-refractivity contribution in [2.45, 2.75) is 18.9 Å². The number of carbonyl (C=O) groups excluding carboxylic acids is 1. The van der Waals surface area contributed by atoms with Crippen molar-refractivity contribution in [2.24, 2.45) is 0 Å². The summed E-state index contributed by atoms with van der Waals surface area (Å²) in [5, 5.41) is 2.87. The van der Waals surface area contributed by atoms with Crippen molar-refractivity contribution in [3.63, 3.8) is 0 Å². The van der Waals surface area contributed by atoms with Crippen LogP contribution in [0.4, 0.5) is 19.3 Å². The first-order valence-electron chi connectivity index (χ1n) is 7.98. The van der Waals surface area contributed by atoms with Crippen LogP contribution in [-0.2, 0) is 4.74 Å². The van der Waals surface area contributed by atoms with Gasteiger partial charge in [0.1, 0.15) is 17.3 Å². The fourth-order valence-corrected chi connectivity index (χ4v) is 3.04. The number of benzene rings is 1. The molecule has 1 aromatic rings. The van der Waals surface area contributed by atoms with E-state index in [1.54, 1.807) is 9.80 Å². The van der Waals surface area contributed by atoms with Gasteiger partial charge in [-0.2, -0.15) is 0 Å². The Kier molecular flexibility index (Phi) is 4.95. The molecule has 0 spiro atoms. The SMILES string of the molecule is O=C(NCC1CCCO1)N1CCN(c2c(F)cccc2F)CC1. The molecule has 1 aromatic carbocycles. The average molecular weight is 325 g/mol. The van der Waals surface area contributed by atoms with Crippen molar-refractivity contribution in [3.05, 3.63) is 29.8 Å². The average Bonchev–Trinajstić information content (AvgIpc) is 3.06. The van der Waals surface area contributed by atoms with Crippen LogP contribution in [0.5, 0.6) is 0 Å². The van der Waals surface area contributed by atoms with E-state index in [9.17, 15) is 13.6 Å².